The van der Waals surface area contributed by atoms with E-state index in [0.29, 0.717) is 6.54 Å². The molecule has 1 heterocycles. The van der Waals surface area contributed by atoms with Crippen molar-refractivity contribution in [1.82, 2.24) is 9.97 Å². The van der Waals surface area contributed by atoms with Crippen molar-refractivity contribution in [3.63, 3.8) is 0 Å². The van der Waals surface area contributed by atoms with Crippen molar-refractivity contribution in [3.8, 4) is 17.0 Å². The van der Waals surface area contributed by atoms with Gasteiger partial charge in [0.25, 0.3) is 0 Å². The van der Waals surface area contributed by atoms with Crippen molar-refractivity contribution in [2.75, 3.05) is 7.11 Å². The highest BCUT2D eigenvalue weighted by Crippen LogP contribution is 2.29. The Morgan fingerprint density at radius 2 is 2.12 bits per heavy atom. The first-order valence-electron chi connectivity index (χ1n) is 5.09. The Morgan fingerprint density at radius 3 is 2.76 bits per heavy atom. The minimum absolute atomic E-state index is 0.410. The number of rotatable bonds is 3. The third-order valence-electron chi connectivity index (χ3n) is 2.38. The lowest BCUT2D eigenvalue weighted by Crippen LogP contribution is -2.00. The predicted molar refractivity (Wildman–Crippen MR) is 69.6 cm³/mol. The normalized spacial score (nSPS) is 10.3. The molecule has 2 N–H and O–H groups in total. The molecule has 0 bridgehead atoms. The summed E-state index contributed by atoms with van der Waals surface area (Å²) in [4.78, 5) is 8.29. The Balaban J connectivity index is 2.42. The van der Waals surface area contributed by atoms with Gasteiger partial charge in [-0.3, -0.25) is 0 Å². The van der Waals surface area contributed by atoms with Crippen molar-refractivity contribution in [1.29, 1.82) is 0 Å². The van der Waals surface area contributed by atoms with E-state index in [9.17, 15) is 0 Å². The highest BCUT2D eigenvalue weighted by atomic mass is 79.9. The fourth-order valence-electron chi connectivity index (χ4n) is 1.49. The van der Waals surface area contributed by atoms with Crippen LogP contribution in [-0.2, 0) is 6.54 Å². The summed E-state index contributed by atoms with van der Waals surface area (Å²) in [5.41, 5.74) is 8.22. The molecule has 0 aliphatic carbocycles. The van der Waals surface area contributed by atoms with E-state index in [0.717, 1.165) is 27.2 Å². The van der Waals surface area contributed by atoms with E-state index < -0.39 is 0 Å². The van der Waals surface area contributed by atoms with Gasteiger partial charge in [0.2, 0.25) is 0 Å². The number of hydrogen-bond donors (Lipinski definition) is 1. The number of halogens is 1. The number of benzene rings is 1. The first kappa shape index (κ1) is 12.0. The molecule has 1 aromatic carbocycles. The van der Waals surface area contributed by atoms with Gasteiger partial charge >= 0.3 is 0 Å². The molecule has 0 radical (unpaired) electrons. The standard InChI is InChI=1S/C12H12BrN3O/c1-17-12-3-2-8(4-10(12)13)11-5-9(6-14)15-7-16-11/h2-5,7H,6,14H2,1H3. The lowest BCUT2D eigenvalue weighted by atomic mass is 10.1. The fourth-order valence-corrected chi connectivity index (χ4v) is 2.03. The van der Waals surface area contributed by atoms with Crippen molar-refractivity contribution in [2.45, 2.75) is 6.54 Å². The average molecular weight is 294 g/mol. The number of nitrogens with zero attached hydrogens (tertiary/aromatic N) is 2. The van der Waals surface area contributed by atoms with Crippen molar-refractivity contribution < 1.29 is 4.74 Å². The average Bonchev–Trinajstić information content (AvgIpc) is 2.38. The van der Waals surface area contributed by atoms with Gasteiger partial charge in [0.1, 0.15) is 12.1 Å². The summed E-state index contributed by atoms with van der Waals surface area (Å²) in [5, 5.41) is 0. The summed E-state index contributed by atoms with van der Waals surface area (Å²) in [5.74, 6) is 0.793. The summed E-state index contributed by atoms with van der Waals surface area (Å²) in [6.07, 6.45) is 1.52. The molecule has 0 aliphatic rings. The maximum absolute atomic E-state index is 5.55. The van der Waals surface area contributed by atoms with E-state index in [2.05, 4.69) is 25.9 Å². The van der Waals surface area contributed by atoms with Gasteiger partial charge in [-0.15, -0.1) is 0 Å². The zero-order valence-electron chi connectivity index (χ0n) is 9.35. The second kappa shape index (κ2) is 5.25. The molecule has 0 fully saturated rings. The second-order valence-electron chi connectivity index (χ2n) is 3.45. The topological polar surface area (TPSA) is 61.0 Å². The van der Waals surface area contributed by atoms with Gasteiger partial charge in [-0.1, -0.05) is 0 Å². The molecule has 0 aliphatic heterocycles. The van der Waals surface area contributed by atoms with Crippen LogP contribution in [0.3, 0.4) is 0 Å². The van der Waals surface area contributed by atoms with Crippen molar-refractivity contribution in [2.24, 2.45) is 5.73 Å². The summed E-state index contributed by atoms with van der Waals surface area (Å²) in [6.45, 7) is 0.410. The second-order valence-corrected chi connectivity index (χ2v) is 4.30. The van der Waals surface area contributed by atoms with Gasteiger partial charge in [-0.05, 0) is 40.2 Å². The van der Waals surface area contributed by atoms with Crippen LogP contribution >= 0.6 is 15.9 Å². The number of hydrogen-bond acceptors (Lipinski definition) is 4. The van der Waals surface area contributed by atoms with Crippen LogP contribution in [0, 0.1) is 0 Å². The molecule has 0 atom stereocenters. The summed E-state index contributed by atoms with van der Waals surface area (Å²) in [6, 6.07) is 7.69. The largest absolute Gasteiger partial charge is 0.496 e. The molecule has 0 saturated carbocycles. The van der Waals surface area contributed by atoms with E-state index in [4.69, 9.17) is 10.5 Å². The van der Waals surface area contributed by atoms with E-state index in [-0.39, 0.29) is 0 Å². The van der Waals surface area contributed by atoms with Gasteiger partial charge in [0.05, 0.1) is 23.0 Å². The third-order valence-corrected chi connectivity index (χ3v) is 3.00. The van der Waals surface area contributed by atoms with Crippen molar-refractivity contribution in [3.05, 3.63) is 40.8 Å². The quantitative estimate of drug-likeness (QED) is 0.944. The van der Waals surface area contributed by atoms with Gasteiger partial charge in [-0.25, -0.2) is 9.97 Å². The zero-order valence-corrected chi connectivity index (χ0v) is 10.9. The fraction of sp³-hybridized carbons (Fsp3) is 0.167. The predicted octanol–water partition coefficient (Wildman–Crippen LogP) is 2.37. The maximum atomic E-state index is 5.55. The number of aromatic nitrogens is 2. The monoisotopic (exact) mass is 293 g/mol. The summed E-state index contributed by atoms with van der Waals surface area (Å²) >= 11 is 3.45. The zero-order chi connectivity index (χ0) is 12.3. The van der Waals surface area contributed by atoms with E-state index in [1.165, 1.54) is 6.33 Å². The van der Waals surface area contributed by atoms with Gasteiger partial charge < -0.3 is 10.5 Å². The summed E-state index contributed by atoms with van der Waals surface area (Å²) in [7, 11) is 1.64. The Kier molecular flexibility index (Phi) is 3.71. The van der Waals surface area contributed by atoms with Crippen LogP contribution in [-0.4, -0.2) is 17.1 Å². The minimum Gasteiger partial charge on any atom is -0.496 e. The minimum atomic E-state index is 0.410. The third kappa shape index (κ3) is 2.62. The Hall–Kier alpha value is -1.46. The maximum Gasteiger partial charge on any atom is 0.133 e. The molecule has 88 valence electrons. The highest BCUT2D eigenvalue weighted by Gasteiger charge is 2.05. The molecule has 5 heteroatoms. The number of ether oxygens (including phenoxy) is 1. The van der Waals surface area contributed by atoms with Crippen LogP contribution in [0.1, 0.15) is 5.69 Å². The first-order chi connectivity index (χ1) is 8.24. The molecular formula is C12H12BrN3O. The SMILES string of the molecule is COc1ccc(-c2cc(CN)ncn2)cc1Br. The molecule has 1 aromatic heterocycles. The Labute approximate surface area is 108 Å². The van der Waals surface area contributed by atoms with Gasteiger partial charge in [-0.2, -0.15) is 0 Å². The lowest BCUT2D eigenvalue weighted by molar-refractivity contribution is 0.412. The molecule has 4 nitrogen and oxygen atoms in total. The van der Waals surface area contributed by atoms with E-state index >= 15 is 0 Å². The van der Waals surface area contributed by atoms with Crippen molar-refractivity contribution >= 4 is 15.9 Å². The highest BCUT2D eigenvalue weighted by molar-refractivity contribution is 9.10. The Morgan fingerprint density at radius 1 is 1.29 bits per heavy atom. The lowest BCUT2D eigenvalue weighted by Gasteiger charge is -2.06. The first-order valence-corrected chi connectivity index (χ1v) is 5.89. The molecule has 0 saturated heterocycles. The van der Waals surface area contributed by atoms with E-state index in [1.54, 1.807) is 7.11 Å². The van der Waals surface area contributed by atoms with Crippen LogP contribution < -0.4 is 10.5 Å². The molecule has 0 unspecified atom stereocenters. The number of nitrogens with two attached hydrogens (primary N) is 1. The van der Waals surface area contributed by atoms with Gasteiger partial charge in [0.15, 0.2) is 0 Å². The molecule has 2 aromatic rings. The van der Waals surface area contributed by atoms with Crippen LogP contribution in [0.15, 0.2) is 35.1 Å². The van der Waals surface area contributed by atoms with Crippen LogP contribution in [0.4, 0.5) is 0 Å². The molecule has 0 amide bonds. The number of methoxy groups -OCH3 is 1. The molecule has 0 spiro atoms. The van der Waals surface area contributed by atoms with Crippen LogP contribution in [0.5, 0.6) is 5.75 Å². The molecule has 17 heavy (non-hydrogen) atoms. The van der Waals surface area contributed by atoms with Gasteiger partial charge in [0, 0.05) is 12.1 Å². The molecule has 2 rings (SSSR count). The van der Waals surface area contributed by atoms with E-state index in [1.807, 2.05) is 24.3 Å². The smallest absolute Gasteiger partial charge is 0.133 e. The van der Waals surface area contributed by atoms with Crippen LogP contribution in [0.2, 0.25) is 0 Å². The van der Waals surface area contributed by atoms with Crippen LogP contribution in [0.25, 0.3) is 11.3 Å². The summed E-state index contributed by atoms with van der Waals surface area (Å²) < 4.78 is 6.08. The molecular weight excluding hydrogens is 282 g/mol. The Bertz CT molecular complexity index is 531.